The molecule has 3 N–H and O–H groups in total. The Labute approximate surface area is 122 Å². The Balaban J connectivity index is 2.02. The minimum absolute atomic E-state index is 0.443. The maximum Gasteiger partial charge on any atom is 0.133 e. The predicted molar refractivity (Wildman–Crippen MR) is 81.0 cm³/mol. The van der Waals surface area contributed by atoms with Crippen LogP contribution in [0.25, 0.3) is 5.57 Å². The highest BCUT2D eigenvalue weighted by molar-refractivity contribution is 6.17. The van der Waals surface area contributed by atoms with Gasteiger partial charge in [0.05, 0.1) is 30.7 Å². The highest BCUT2D eigenvalue weighted by Crippen LogP contribution is 2.30. The lowest BCUT2D eigenvalue weighted by atomic mass is 10.00. The van der Waals surface area contributed by atoms with Crippen molar-refractivity contribution in [3.8, 4) is 0 Å². The van der Waals surface area contributed by atoms with Gasteiger partial charge < -0.3 is 20.8 Å². The molecule has 2 aliphatic rings. The van der Waals surface area contributed by atoms with Gasteiger partial charge in [0, 0.05) is 49.9 Å². The van der Waals surface area contributed by atoms with Crippen LogP contribution in [-0.4, -0.2) is 53.0 Å². The summed E-state index contributed by atoms with van der Waals surface area (Å²) in [5.41, 5.74) is 9.49. The van der Waals surface area contributed by atoms with Crippen molar-refractivity contribution in [2.45, 2.75) is 0 Å². The molecule has 1 fully saturated rings. The first-order valence-electron chi connectivity index (χ1n) is 6.81. The number of rotatable bonds is 3. The first-order valence-corrected chi connectivity index (χ1v) is 6.81. The summed E-state index contributed by atoms with van der Waals surface area (Å²) < 4.78 is 7.11. The molecule has 0 aliphatic carbocycles. The number of ether oxygens (including phenoxy) is 1. The zero-order valence-corrected chi connectivity index (χ0v) is 11.9. The SMILES string of the molecule is Cn1cc(C2=CN=C(N)/C2=C(\C=N)N2CCOCC2)cn1. The van der Waals surface area contributed by atoms with E-state index in [1.807, 2.05) is 13.2 Å². The van der Waals surface area contributed by atoms with Crippen molar-refractivity contribution in [3.05, 3.63) is 35.4 Å². The van der Waals surface area contributed by atoms with Gasteiger partial charge in [-0.05, 0) is 0 Å². The fraction of sp³-hybridized carbons (Fsp3) is 0.357. The molecule has 0 saturated carbocycles. The van der Waals surface area contributed by atoms with Gasteiger partial charge in [0.25, 0.3) is 0 Å². The summed E-state index contributed by atoms with van der Waals surface area (Å²) in [6.45, 7) is 2.82. The van der Waals surface area contributed by atoms with Gasteiger partial charge in [-0.3, -0.25) is 4.68 Å². The molecule has 0 bridgehead atoms. The van der Waals surface area contributed by atoms with Crippen molar-refractivity contribution in [1.82, 2.24) is 14.7 Å². The molecule has 21 heavy (non-hydrogen) atoms. The number of nitrogens with two attached hydrogens (primary N) is 1. The lowest BCUT2D eigenvalue weighted by Crippen LogP contribution is -2.37. The normalized spacial score (nSPS) is 21.1. The number of hydrogen-bond donors (Lipinski definition) is 2. The van der Waals surface area contributed by atoms with Crippen molar-refractivity contribution in [2.75, 3.05) is 26.3 Å². The highest BCUT2D eigenvalue weighted by atomic mass is 16.5. The largest absolute Gasteiger partial charge is 0.383 e. The van der Waals surface area contributed by atoms with E-state index in [4.69, 9.17) is 15.9 Å². The third-order valence-corrected chi connectivity index (χ3v) is 3.62. The van der Waals surface area contributed by atoms with Crippen molar-refractivity contribution in [3.63, 3.8) is 0 Å². The van der Waals surface area contributed by atoms with E-state index in [1.54, 1.807) is 17.1 Å². The predicted octanol–water partition coefficient (Wildman–Crippen LogP) is 0.368. The van der Waals surface area contributed by atoms with E-state index in [-0.39, 0.29) is 0 Å². The molecule has 0 aromatic carbocycles. The van der Waals surface area contributed by atoms with Gasteiger partial charge in [0.15, 0.2) is 0 Å². The Kier molecular flexibility index (Phi) is 3.57. The van der Waals surface area contributed by atoms with Crippen LogP contribution < -0.4 is 5.73 Å². The number of morpholine rings is 1. The van der Waals surface area contributed by atoms with Gasteiger partial charge in [-0.1, -0.05) is 0 Å². The number of nitrogens with zero attached hydrogens (tertiary/aromatic N) is 4. The molecule has 3 heterocycles. The van der Waals surface area contributed by atoms with Crippen molar-refractivity contribution in [2.24, 2.45) is 17.8 Å². The van der Waals surface area contributed by atoms with Gasteiger partial charge in [-0.2, -0.15) is 5.10 Å². The number of allylic oxidation sites excluding steroid dienone is 1. The van der Waals surface area contributed by atoms with Gasteiger partial charge >= 0.3 is 0 Å². The van der Waals surface area contributed by atoms with Gasteiger partial charge in [-0.25, -0.2) is 4.99 Å². The van der Waals surface area contributed by atoms with Crippen LogP contribution in [0.3, 0.4) is 0 Å². The second-order valence-corrected chi connectivity index (χ2v) is 4.96. The number of aryl methyl sites for hydroxylation is 1. The quantitative estimate of drug-likeness (QED) is 0.785. The van der Waals surface area contributed by atoms with Crippen LogP contribution in [0.15, 0.2) is 34.9 Å². The van der Waals surface area contributed by atoms with Crippen LogP contribution >= 0.6 is 0 Å². The van der Waals surface area contributed by atoms with E-state index in [0.29, 0.717) is 19.0 Å². The Morgan fingerprint density at radius 1 is 1.43 bits per heavy atom. The topological polar surface area (TPSA) is 92.5 Å². The van der Waals surface area contributed by atoms with E-state index >= 15 is 0 Å². The Morgan fingerprint density at radius 2 is 2.19 bits per heavy atom. The van der Waals surface area contributed by atoms with E-state index in [1.165, 1.54) is 6.21 Å². The van der Waals surface area contributed by atoms with E-state index < -0.39 is 0 Å². The highest BCUT2D eigenvalue weighted by Gasteiger charge is 2.25. The summed E-state index contributed by atoms with van der Waals surface area (Å²) in [6, 6.07) is 0. The Morgan fingerprint density at radius 3 is 2.81 bits per heavy atom. The Hall–Kier alpha value is -2.41. The number of nitrogens with one attached hydrogen (secondary N) is 1. The molecule has 1 saturated heterocycles. The molecule has 1 aromatic rings. The molecule has 0 spiro atoms. The molecule has 110 valence electrons. The summed E-state index contributed by atoms with van der Waals surface area (Å²) in [6.07, 6.45) is 6.78. The maximum absolute atomic E-state index is 7.78. The van der Waals surface area contributed by atoms with E-state index in [2.05, 4.69) is 15.0 Å². The zero-order chi connectivity index (χ0) is 14.8. The smallest absolute Gasteiger partial charge is 0.133 e. The first kappa shape index (κ1) is 13.6. The summed E-state index contributed by atoms with van der Waals surface area (Å²) in [4.78, 5) is 6.34. The van der Waals surface area contributed by atoms with Gasteiger partial charge in [-0.15, -0.1) is 0 Å². The molecule has 3 rings (SSSR count). The minimum atomic E-state index is 0.443. The molecule has 0 atom stereocenters. The minimum Gasteiger partial charge on any atom is -0.383 e. The average molecular weight is 286 g/mol. The lowest BCUT2D eigenvalue weighted by Gasteiger charge is -2.30. The molecular weight excluding hydrogens is 268 g/mol. The summed E-state index contributed by atoms with van der Waals surface area (Å²) >= 11 is 0. The number of amidine groups is 1. The third-order valence-electron chi connectivity index (χ3n) is 3.62. The molecule has 7 heteroatoms. The summed E-state index contributed by atoms with van der Waals surface area (Å²) in [5, 5.41) is 12.0. The average Bonchev–Trinajstić information content (AvgIpc) is 3.08. The fourth-order valence-electron chi connectivity index (χ4n) is 2.58. The van der Waals surface area contributed by atoms with Crippen LogP contribution in [0, 0.1) is 5.41 Å². The van der Waals surface area contributed by atoms with Crippen LogP contribution in [0.1, 0.15) is 5.56 Å². The summed E-state index contributed by atoms with van der Waals surface area (Å²) in [7, 11) is 1.87. The monoisotopic (exact) mass is 286 g/mol. The van der Waals surface area contributed by atoms with Crippen LogP contribution in [0.2, 0.25) is 0 Å². The van der Waals surface area contributed by atoms with Crippen LogP contribution in [0.4, 0.5) is 0 Å². The molecular formula is C14H18N6O. The molecule has 0 amide bonds. The maximum atomic E-state index is 7.78. The van der Waals surface area contributed by atoms with Crippen molar-refractivity contribution in [1.29, 1.82) is 5.41 Å². The number of aromatic nitrogens is 2. The van der Waals surface area contributed by atoms with Crippen LogP contribution in [0.5, 0.6) is 0 Å². The molecule has 0 radical (unpaired) electrons. The summed E-state index contributed by atoms with van der Waals surface area (Å²) in [5.74, 6) is 0.443. The third kappa shape index (κ3) is 2.47. The van der Waals surface area contributed by atoms with E-state index in [9.17, 15) is 0 Å². The first-order chi connectivity index (χ1) is 10.2. The van der Waals surface area contributed by atoms with Gasteiger partial charge in [0.1, 0.15) is 5.84 Å². The molecule has 0 unspecified atom stereocenters. The fourth-order valence-corrected chi connectivity index (χ4v) is 2.58. The second kappa shape index (κ2) is 5.53. The zero-order valence-electron chi connectivity index (χ0n) is 11.9. The van der Waals surface area contributed by atoms with Crippen molar-refractivity contribution >= 4 is 17.6 Å². The number of aliphatic imine (C=N–C) groups is 1. The van der Waals surface area contributed by atoms with E-state index in [0.717, 1.165) is 35.5 Å². The van der Waals surface area contributed by atoms with Crippen molar-refractivity contribution < 1.29 is 4.74 Å². The standard InChI is InChI=1S/C14H18N6O/c1-19-9-10(7-18-19)11-8-17-14(16)13(11)12(6-15)20-2-4-21-5-3-20/h6-9,15H,2-5H2,1H3,(H2,16,17)/b13-12+,15-6?. The number of hydrogen-bond acceptors (Lipinski definition) is 6. The lowest BCUT2D eigenvalue weighted by molar-refractivity contribution is 0.0565. The Bertz CT molecular complexity index is 648. The van der Waals surface area contributed by atoms with Gasteiger partial charge in [0.2, 0.25) is 0 Å². The molecule has 2 aliphatic heterocycles. The molecule has 7 nitrogen and oxygen atoms in total. The molecule has 1 aromatic heterocycles. The van der Waals surface area contributed by atoms with Crippen LogP contribution in [-0.2, 0) is 11.8 Å². The second-order valence-electron chi connectivity index (χ2n) is 4.96.